The first-order valence-electron chi connectivity index (χ1n) is 6.45. The number of amides is 1. The summed E-state index contributed by atoms with van der Waals surface area (Å²) >= 11 is 2.98. The van der Waals surface area contributed by atoms with E-state index in [0.29, 0.717) is 6.54 Å². The van der Waals surface area contributed by atoms with Gasteiger partial charge in [0.25, 0.3) is 0 Å². The van der Waals surface area contributed by atoms with Crippen LogP contribution in [0.25, 0.3) is 0 Å². The van der Waals surface area contributed by atoms with E-state index in [9.17, 15) is 4.79 Å². The lowest BCUT2D eigenvalue weighted by Gasteiger charge is -2.23. The highest BCUT2D eigenvalue weighted by Crippen LogP contribution is 2.28. The number of carbonyl (C=O) groups excluding carboxylic acids is 1. The molecule has 2 rings (SSSR count). The molecule has 6 heteroatoms. The van der Waals surface area contributed by atoms with Gasteiger partial charge in [-0.2, -0.15) is 0 Å². The Labute approximate surface area is 127 Å². The van der Waals surface area contributed by atoms with Gasteiger partial charge >= 0.3 is 0 Å². The summed E-state index contributed by atoms with van der Waals surface area (Å²) in [5.41, 5.74) is 0.931. The first kappa shape index (κ1) is 15.0. The molecule has 1 aromatic heterocycles. The van der Waals surface area contributed by atoms with Gasteiger partial charge in [-0.15, -0.1) is 10.2 Å². The molecule has 0 aliphatic carbocycles. The Hall–Kier alpha value is -1.40. The van der Waals surface area contributed by atoms with Crippen LogP contribution in [0.2, 0.25) is 0 Å². The fourth-order valence-corrected chi connectivity index (χ4v) is 3.84. The topological polar surface area (TPSA) is 46.1 Å². The normalized spacial score (nSPS) is 12.2. The minimum absolute atomic E-state index is 0.0940. The Morgan fingerprint density at radius 2 is 2.05 bits per heavy atom. The quantitative estimate of drug-likeness (QED) is 0.794. The molecule has 1 amide bonds. The summed E-state index contributed by atoms with van der Waals surface area (Å²) < 4.78 is 0.840. The zero-order chi connectivity index (χ0) is 14.5. The molecule has 0 bridgehead atoms. The van der Waals surface area contributed by atoms with Crippen molar-refractivity contribution in [2.75, 3.05) is 11.4 Å². The number of aryl methyl sites for hydroxylation is 1. The van der Waals surface area contributed by atoms with Crippen molar-refractivity contribution in [3.05, 3.63) is 35.3 Å². The number of thioether (sulfide) groups is 1. The van der Waals surface area contributed by atoms with Crippen LogP contribution in [0.5, 0.6) is 0 Å². The largest absolute Gasteiger partial charge is 0.312 e. The standard InChI is InChI=1S/C14H17N3OS2/c1-4-17(12-8-6-5-7-9-12)13(18)10(2)19-14-16-15-11(3)20-14/h5-10H,4H2,1-3H3. The molecule has 1 unspecified atom stereocenters. The number of carbonyl (C=O) groups is 1. The van der Waals surface area contributed by atoms with Gasteiger partial charge in [-0.1, -0.05) is 41.3 Å². The molecule has 0 spiro atoms. The highest BCUT2D eigenvalue weighted by atomic mass is 32.2. The zero-order valence-corrected chi connectivity index (χ0v) is 13.4. The second kappa shape index (κ2) is 6.85. The summed E-state index contributed by atoms with van der Waals surface area (Å²) in [6.07, 6.45) is 0. The van der Waals surface area contributed by atoms with Crippen molar-refractivity contribution in [1.82, 2.24) is 10.2 Å². The van der Waals surface area contributed by atoms with E-state index in [1.807, 2.05) is 51.1 Å². The molecular formula is C14H17N3OS2. The number of para-hydroxylation sites is 1. The Balaban J connectivity index is 2.08. The zero-order valence-electron chi connectivity index (χ0n) is 11.7. The fourth-order valence-electron chi connectivity index (χ4n) is 1.82. The molecule has 1 aromatic carbocycles. The second-order valence-corrected chi connectivity index (χ2v) is 7.03. The van der Waals surface area contributed by atoms with Crippen LogP contribution in [0, 0.1) is 6.92 Å². The van der Waals surface area contributed by atoms with Gasteiger partial charge in [0, 0.05) is 12.2 Å². The summed E-state index contributed by atoms with van der Waals surface area (Å²) in [6, 6.07) is 9.74. The number of benzene rings is 1. The van der Waals surface area contributed by atoms with Crippen molar-refractivity contribution in [3.8, 4) is 0 Å². The van der Waals surface area contributed by atoms with Gasteiger partial charge in [0.15, 0.2) is 4.34 Å². The molecule has 0 aliphatic heterocycles. The number of nitrogens with zero attached hydrogens (tertiary/aromatic N) is 3. The Morgan fingerprint density at radius 1 is 1.35 bits per heavy atom. The molecule has 0 fully saturated rings. The van der Waals surface area contributed by atoms with E-state index in [4.69, 9.17) is 0 Å². The first-order chi connectivity index (χ1) is 9.61. The average molecular weight is 307 g/mol. The van der Waals surface area contributed by atoms with E-state index in [0.717, 1.165) is 15.0 Å². The molecule has 0 saturated carbocycles. The van der Waals surface area contributed by atoms with Gasteiger partial charge in [0.2, 0.25) is 5.91 Å². The van der Waals surface area contributed by atoms with Gasteiger partial charge in [0.1, 0.15) is 5.01 Å². The van der Waals surface area contributed by atoms with Crippen LogP contribution in [0.1, 0.15) is 18.9 Å². The third-order valence-corrected chi connectivity index (χ3v) is 4.79. The molecule has 4 nitrogen and oxygen atoms in total. The van der Waals surface area contributed by atoms with Crippen LogP contribution < -0.4 is 4.90 Å². The molecule has 2 aromatic rings. The SMILES string of the molecule is CCN(C(=O)C(C)Sc1nnc(C)s1)c1ccccc1. The average Bonchev–Trinajstić information content (AvgIpc) is 2.86. The van der Waals surface area contributed by atoms with Crippen LogP contribution in [-0.4, -0.2) is 27.9 Å². The smallest absolute Gasteiger partial charge is 0.240 e. The molecule has 1 heterocycles. The fraction of sp³-hybridized carbons (Fsp3) is 0.357. The molecule has 0 saturated heterocycles. The van der Waals surface area contributed by atoms with Crippen LogP contribution in [0.3, 0.4) is 0 Å². The number of rotatable bonds is 5. The highest BCUT2D eigenvalue weighted by molar-refractivity contribution is 8.02. The lowest BCUT2D eigenvalue weighted by atomic mass is 10.2. The molecule has 0 N–H and O–H groups in total. The summed E-state index contributed by atoms with van der Waals surface area (Å²) in [7, 11) is 0. The number of hydrogen-bond acceptors (Lipinski definition) is 5. The van der Waals surface area contributed by atoms with Crippen molar-refractivity contribution < 1.29 is 4.79 Å². The molecule has 106 valence electrons. The van der Waals surface area contributed by atoms with E-state index >= 15 is 0 Å². The Morgan fingerprint density at radius 3 is 2.60 bits per heavy atom. The summed E-state index contributed by atoms with van der Waals surface area (Å²) in [5, 5.41) is 8.77. The first-order valence-corrected chi connectivity index (χ1v) is 8.14. The van der Waals surface area contributed by atoms with Crippen LogP contribution in [-0.2, 0) is 4.79 Å². The summed E-state index contributed by atoms with van der Waals surface area (Å²) in [6.45, 7) is 6.46. The maximum absolute atomic E-state index is 12.5. The maximum Gasteiger partial charge on any atom is 0.240 e. The monoisotopic (exact) mass is 307 g/mol. The van der Waals surface area contributed by atoms with Gasteiger partial charge in [-0.3, -0.25) is 4.79 Å². The molecule has 0 aliphatic rings. The number of anilines is 1. The summed E-state index contributed by atoms with van der Waals surface area (Å²) in [4.78, 5) is 14.3. The number of aromatic nitrogens is 2. The van der Waals surface area contributed by atoms with E-state index in [-0.39, 0.29) is 11.2 Å². The van der Waals surface area contributed by atoms with Crippen LogP contribution in [0.4, 0.5) is 5.69 Å². The third kappa shape index (κ3) is 3.58. The second-order valence-electron chi connectivity index (χ2n) is 4.27. The van der Waals surface area contributed by atoms with Gasteiger partial charge in [0.05, 0.1) is 5.25 Å². The molecule has 0 radical (unpaired) electrons. The number of hydrogen-bond donors (Lipinski definition) is 0. The summed E-state index contributed by atoms with van der Waals surface area (Å²) in [5.74, 6) is 0.0940. The minimum atomic E-state index is -0.178. The molecule has 1 atom stereocenters. The van der Waals surface area contributed by atoms with Gasteiger partial charge in [-0.25, -0.2) is 0 Å². The Bertz CT molecular complexity index is 571. The van der Waals surface area contributed by atoms with Crippen molar-refractivity contribution in [3.63, 3.8) is 0 Å². The van der Waals surface area contributed by atoms with E-state index in [1.54, 1.807) is 4.90 Å². The van der Waals surface area contributed by atoms with E-state index < -0.39 is 0 Å². The van der Waals surface area contributed by atoms with Crippen molar-refractivity contribution in [2.45, 2.75) is 30.4 Å². The van der Waals surface area contributed by atoms with Gasteiger partial charge in [-0.05, 0) is 32.9 Å². The third-order valence-electron chi connectivity index (χ3n) is 2.78. The highest BCUT2D eigenvalue weighted by Gasteiger charge is 2.22. The van der Waals surface area contributed by atoms with Crippen LogP contribution >= 0.6 is 23.1 Å². The predicted octanol–water partition coefficient (Wildman–Crippen LogP) is 3.38. The van der Waals surface area contributed by atoms with Crippen molar-refractivity contribution in [2.24, 2.45) is 0 Å². The van der Waals surface area contributed by atoms with E-state index in [2.05, 4.69) is 10.2 Å². The van der Waals surface area contributed by atoms with E-state index in [1.165, 1.54) is 23.1 Å². The lowest BCUT2D eigenvalue weighted by molar-refractivity contribution is -0.117. The van der Waals surface area contributed by atoms with Crippen molar-refractivity contribution in [1.29, 1.82) is 0 Å². The molecular weight excluding hydrogens is 290 g/mol. The Kier molecular flexibility index (Phi) is 5.14. The minimum Gasteiger partial charge on any atom is -0.312 e. The van der Waals surface area contributed by atoms with Crippen LogP contribution in [0.15, 0.2) is 34.7 Å². The van der Waals surface area contributed by atoms with Gasteiger partial charge < -0.3 is 4.90 Å². The predicted molar refractivity (Wildman–Crippen MR) is 84.4 cm³/mol. The molecule has 20 heavy (non-hydrogen) atoms. The van der Waals surface area contributed by atoms with Crippen molar-refractivity contribution >= 4 is 34.7 Å². The lowest BCUT2D eigenvalue weighted by Crippen LogP contribution is -2.36. The maximum atomic E-state index is 12.5.